The molecule has 0 amide bonds. The number of rotatable bonds is 4. The van der Waals surface area contributed by atoms with Gasteiger partial charge >= 0.3 is 0 Å². The van der Waals surface area contributed by atoms with Crippen molar-refractivity contribution >= 4 is 0 Å². The number of H-pyrrole nitrogens is 2. The van der Waals surface area contributed by atoms with Gasteiger partial charge in [0, 0.05) is 17.2 Å². The summed E-state index contributed by atoms with van der Waals surface area (Å²) in [5.41, 5.74) is 2.79. The molecule has 0 unspecified atom stereocenters. The summed E-state index contributed by atoms with van der Waals surface area (Å²) in [6, 6.07) is 11.7. The summed E-state index contributed by atoms with van der Waals surface area (Å²) >= 11 is 0. The molecule has 5 heteroatoms. The molecule has 5 nitrogen and oxygen atoms in total. The van der Waals surface area contributed by atoms with Gasteiger partial charge in [-0.05, 0) is 24.5 Å². The van der Waals surface area contributed by atoms with Gasteiger partial charge in [0.25, 0.3) is 5.56 Å². The maximum absolute atomic E-state index is 12.0. The van der Waals surface area contributed by atoms with E-state index >= 15 is 0 Å². The van der Waals surface area contributed by atoms with Crippen molar-refractivity contribution in [1.82, 2.24) is 10.2 Å². The predicted octanol–water partition coefficient (Wildman–Crippen LogP) is 2.37. The van der Waals surface area contributed by atoms with Gasteiger partial charge in [-0.15, -0.1) is 0 Å². The Kier molecular flexibility index (Phi) is 4.25. The number of benzene rings is 1. The molecule has 0 bridgehead atoms. The van der Waals surface area contributed by atoms with Gasteiger partial charge in [-0.25, -0.2) is 0 Å². The second kappa shape index (κ2) is 6.11. The summed E-state index contributed by atoms with van der Waals surface area (Å²) in [5.74, 6) is -1.46. The second-order valence-electron chi connectivity index (χ2n) is 4.93. The van der Waals surface area contributed by atoms with E-state index in [9.17, 15) is 15.3 Å². The first-order valence-electron chi connectivity index (χ1n) is 6.77. The average molecular weight is 280 g/mol. The summed E-state index contributed by atoms with van der Waals surface area (Å²) in [6.45, 7) is 3.81. The Morgan fingerprint density at radius 2 is 1.76 bits per heavy atom. The van der Waals surface area contributed by atoms with Gasteiger partial charge in [-0.2, -0.15) is 10.5 Å². The van der Waals surface area contributed by atoms with Gasteiger partial charge in [0.05, 0.1) is 12.1 Å². The number of hydrogen-bond donors (Lipinski definition) is 2. The zero-order chi connectivity index (χ0) is 15.4. The fourth-order valence-corrected chi connectivity index (χ4v) is 2.49. The molecule has 2 N–H and O–H groups in total. The van der Waals surface area contributed by atoms with Crippen molar-refractivity contribution < 1.29 is 0 Å². The minimum absolute atomic E-state index is 0.285. The van der Waals surface area contributed by atoms with Crippen molar-refractivity contribution in [2.75, 3.05) is 0 Å². The van der Waals surface area contributed by atoms with E-state index < -0.39 is 11.8 Å². The molecule has 2 rings (SSSR count). The lowest BCUT2D eigenvalue weighted by Crippen LogP contribution is -2.19. The average Bonchev–Trinajstić information content (AvgIpc) is 2.84. The maximum Gasteiger partial charge on any atom is 0.268 e. The van der Waals surface area contributed by atoms with E-state index in [0.717, 1.165) is 12.0 Å². The van der Waals surface area contributed by atoms with Crippen LogP contribution in [0.15, 0.2) is 29.1 Å². The number of aromatic nitrogens is 2. The molecule has 2 aromatic rings. The molecule has 1 atom stereocenters. The number of hydrogen-bond acceptors (Lipinski definition) is 3. The minimum Gasteiger partial charge on any atom is -0.302 e. The minimum atomic E-state index is -0.909. The van der Waals surface area contributed by atoms with Crippen LogP contribution < -0.4 is 5.56 Å². The first kappa shape index (κ1) is 14.6. The lowest BCUT2D eigenvalue weighted by atomic mass is 9.82. The highest BCUT2D eigenvalue weighted by Gasteiger charge is 2.29. The largest absolute Gasteiger partial charge is 0.302 e. The number of nitriles is 2. The Hall–Kier alpha value is -2.79. The van der Waals surface area contributed by atoms with Gasteiger partial charge in [-0.3, -0.25) is 9.89 Å². The molecule has 0 fully saturated rings. The second-order valence-corrected chi connectivity index (χ2v) is 4.93. The summed E-state index contributed by atoms with van der Waals surface area (Å²) in [7, 11) is 0. The molecule has 0 saturated carbocycles. The van der Waals surface area contributed by atoms with Crippen molar-refractivity contribution in [2.24, 2.45) is 5.92 Å². The Labute approximate surface area is 122 Å². The summed E-state index contributed by atoms with van der Waals surface area (Å²) in [4.78, 5) is 12.0. The molecule has 0 aliphatic heterocycles. The Bertz CT molecular complexity index is 741. The molecule has 106 valence electrons. The first-order chi connectivity index (χ1) is 10.1. The topological polar surface area (TPSA) is 96.2 Å². The summed E-state index contributed by atoms with van der Waals surface area (Å²) in [5, 5.41) is 23.8. The summed E-state index contributed by atoms with van der Waals surface area (Å²) < 4.78 is 0. The van der Waals surface area contributed by atoms with Crippen molar-refractivity contribution in [3.63, 3.8) is 0 Å². The Morgan fingerprint density at radius 3 is 2.19 bits per heavy atom. The van der Waals surface area contributed by atoms with Crippen LogP contribution in [0.25, 0.3) is 0 Å². The van der Waals surface area contributed by atoms with Crippen molar-refractivity contribution in [2.45, 2.75) is 26.2 Å². The third-order valence-electron chi connectivity index (χ3n) is 3.68. The van der Waals surface area contributed by atoms with E-state index in [0.29, 0.717) is 11.3 Å². The molecular weight excluding hydrogens is 264 g/mol. The lowest BCUT2D eigenvalue weighted by Gasteiger charge is -2.17. The molecule has 1 aromatic heterocycles. The van der Waals surface area contributed by atoms with Gasteiger partial charge in [0.2, 0.25) is 0 Å². The molecule has 21 heavy (non-hydrogen) atoms. The highest BCUT2D eigenvalue weighted by molar-refractivity contribution is 5.39. The van der Waals surface area contributed by atoms with Gasteiger partial charge < -0.3 is 5.10 Å². The number of nitrogens with one attached hydrogen (secondary N) is 2. The predicted molar refractivity (Wildman–Crippen MR) is 78.5 cm³/mol. The quantitative estimate of drug-likeness (QED) is 0.899. The van der Waals surface area contributed by atoms with Crippen LogP contribution in [0.3, 0.4) is 0 Å². The monoisotopic (exact) mass is 280 g/mol. The zero-order valence-electron chi connectivity index (χ0n) is 12.0. The van der Waals surface area contributed by atoms with E-state index in [-0.39, 0.29) is 5.56 Å². The van der Waals surface area contributed by atoms with E-state index in [2.05, 4.69) is 17.1 Å². The van der Waals surface area contributed by atoms with Crippen molar-refractivity contribution in [1.29, 1.82) is 10.5 Å². The number of aryl methyl sites for hydroxylation is 2. The van der Waals surface area contributed by atoms with Crippen LogP contribution in [0.2, 0.25) is 0 Å². The maximum atomic E-state index is 12.0. The third kappa shape index (κ3) is 2.73. The molecule has 0 aliphatic carbocycles. The van der Waals surface area contributed by atoms with Gasteiger partial charge in [-0.1, -0.05) is 31.2 Å². The Balaban J connectivity index is 2.59. The van der Waals surface area contributed by atoms with E-state index in [1.807, 2.05) is 36.4 Å². The number of nitrogens with zero attached hydrogens (tertiary/aromatic N) is 2. The van der Waals surface area contributed by atoms with Crippen LogP contribution in [0.5, 0.6) is 0 Å². The van der Waals surface area contributed by atoms with E-state index in [4.69, 9.17) is 0 Å². The van der Waals surface area contributed by atoms with Gasteiger partial charge in [0.1, 0.15) is 5.92 Å². The molecular formula is C16H16N4O. The molecule has 0 radical (unpaired) electrons. The van der Waals surface area contributed by atoms with Crippen LogP contribution in [-0.4, -0.2) is 10.2 Å². The van der Waals surface area contributed by atoms with Crippen molar-refractivity contribution in [3.05, 3.63) is 57.0 Å². The van der Waals surface area contributed by atoms with Crippen LogP contribution in [0.1, 0.15) is 35.2 Å². The summed E-state index contributed by atoms with van der Waals surface area (Å²) in [6.07, 6.45) is 0.911. The normalized spacial score (nSPS) is 11.9. The fraction of sp³-hybridized carbons (Fsp3) is 0.312. The molecule has 0 saturated heterocycles. The van der Waals surface area contributed by atoms with E-state index in [1.165, 1.54) is 5.56 Å². The third-order valence-corrected chi connectivity index (χ3v) is 3.68. The molecule has 0 aliphatic rings. The van der Waals surface area contributed by atoms with Crippen molar-refractivity contribution in [3.8, 4) is 12.1 Å². The fourth-order valence-electron chi connectivity index (χ4n) is 2.49. The Morgan fingerprint density at radius 1 is 1.14 bits per heavy atom. The van der Waals surface area contributed by atoms with Crippen LogP contribution in [0, 0.1) is 35.5 Å². The smallest absolute Gasteiger partial charge is 0.268 e. The first-order valence-corrected chi connectivity index (χ1v) is 6.77. The number of aromatic amines is 2. The molecule has 0 spiro atoms. The van der Waals surface area contributed by atoms with Gasteiger partial charge in [0.15, 0.2) is 0 Å². The lowest BCUT2D eigenvalue weighted by molar-refractivity contribution is 0.700. The van der Waals surface area contributed by atoms with E-state index in [1.54, 1.807) is 6.92 Å². The highest BCUT2D eigenvalue weighted by Crippen LogP contribution is 2.31. The van der Waals surface area contributed by atoms with Crippen LogP contribution in [-0.2, 0) is 6.42 Å². The molecule has 1 aromatic carbocycles. The highest BCUT2D eigenvalue weighted by atomic mass is 16.1. The van der Waals surface area contributed by atoms with Crippen LogP contribution >= 0.6 is 0 Å². The van der Waals surface area contributed by atoms with Crippen LogP contribution in [0.4, 0.5) is 0 Å². The standard InChI is InChI=1S/C16H16N4O/c1-3-11-4-6-12(7-5-11)15(13(8-17)9-18)14-10(2)19-20-16(14)21/h4-7,13,15H,3H2,1-2H3,(H2,19,20,21)/t15-/m0/s1. The zero-order valence-corrected chi connectivity index (χ0v) is 12.0. The molecule has 1 heterocycles. The SMILES string of the molecule is CCc1ccc([C@H](c2c(C)[nH][nH]c2=O)C(C#N)C#N)cc1.